The van der Waals surface area contributed by atoms with Crippen molar-refractivity contribution in [3.8, 4) is 11.5 Å². The lowest BCUT2D eigenvalue weighted by molar-refractivity contribution is 0.0959. The van der Waals surface area contributed by atoms with Crippen molar-refractivity contribution in [2.24, 2.45) is 0 Å². The van der Waals surface area contributed by atoms with E-state index in [-0.39, 0.29) is 5.91 Å². The van der Waals surface area contributed by atoms with Gasteiger partial charge in [0.1, 0.15) is 0 Å². The molecule has 2 aromatic carbocycles. The van der Waals surface area contributed by atoms with Gasteiger partial charge in [0, 0.05) is 10.5 Å². The number of hydrogen-bond acceptors (Lipinski definition) is 4. The first-order valence-electron chi connectivity index (χ1n) is 7.26. The van der Waals surface area contributed by atoms with E-state index in [4.69, 9.17) is 9.47 Å². The molecule has 4 nitrogen and oxygen atoms in total. The third kappa shape index (κ3) is 4.20. The summed E-state index contributed by atoms with van der Waals surface area (Å²) in [5.74, 6) is 1.81. The molecule has 23 heavy (non-hydrogen) atoms. The first-order chi connectivity index (χ1) is 11.1. The number of methoxy groups -OCH3 is 2. The van der Waals surface area contributed by atoms with E-state index in [0.29, 0.717) is 17.4 Å². The number of hydrogen-bond donors (Lipinski definition) is 1. The Balaban J connectivity index is 1.98. The summed E-state index contributed by atoms with van der Waals surface area (Å²) in [4.78, 5) is 13.3. The zero-order valence-corrected chi connectivity index (χ0v) is 14.6. The van der Waals surface area contributed by atoms with Gasteiger partial charge in [-0.05, 0) is 43.2 Å². The average molecular weight is 331 g/mol. The van der Waals surface area contributed by atoms with Crippen molar-refractivity contribution in [1.29, 1.82) is 0 Å². The van der Waals surface area contributed by atoms with Gasteiger partial charge < -0.3 is 14.8 Å². The molecule has 0 aliphatic heterocycles. The topological polar surface area (TPSA) is 47.6 Å². The zero-order valence-electron chi connectivity index (χ0n) is 13.8. The van der Waals surface area contributed by atoms with Crippen LogP contribution in [0.25, 0.3) is 0 Å². The Morgan fingerprint density at radius 3 is 2.30 bits per heavy atom. The predicted octanol–water partition coefficient (Wildman–Crippen LogP) is 3.80. The fourth-order valence-electron chi connectivity index (χ4n) is 2.35. The second kappa shape index (κ2) is 7.92. The van der Waals surface area contributed by atoms with Crippen LogP contribution in [0.5, 0.6) is 11.5 Å². The minimum absolute atomic E-state index is 0.0476. The van der Waals surface area contributed by atoms with Crippen molar-refractivity contribution in [2.45, 2.75) is 18.7 Å². The molecule has 0 saturated heterocycles. The Labute approximate surface area is 141 Å². The molecule has 1 amide bonds. The van der Waals surface area contributed by atoms with Crippen molar-refractivity contribution >= 4 is 17.7 Å². The van der Waals surface area contributed by atoms with E-state index in [1.807, 2.05) is 50.2 Å². The van der Waals surface area contributed by atoms with Gasteiger partial charge in [0.05, 0.1) is 20.1 Å². The molecule has 0 atom stereocenters. The largest absolute Gasteiger partial charge is 0.493 e. The Morgan fingerprint density at radius 2 is 1.70 bits per heavy atom. The van der Waals surface area contributed by atoms with Gasteiger partial charge in [-0.3, -0.25) is 4.79 Å². The summed E-state index contributed by atoms with van der Waals surface area (Å²) in [7, 11) is 3.21. The highest BCUT2D eigenvalue weighted by molar-refractivity contribution is 7.99. The van der Waals surface area contributed by atoms with Gasteiger partial charge in [-0.2, -0.15) is 0 Å². The molecule has 5 heteroatoms. The second-order valence-electron chi connectivity index (χ2n) is 5.08. The normalized spacial score (nSPS) is 10.3. The molecular weight excluding hydrogens is 310 g/mol. The number of ether oxygens (including phenoxy) is 2. The number of carbonyl (C=O) groups excluding carboxylic acids is 1. The Kier molecular flexibility index (Phi) is 5.93. The summed E-state index contributed by atoms with van der Waals surface area (Å²) < 4.78 is 10.5. The van der Waals surface area contributed by atoms with Crippen LogP contribution in [-0.2, 0) is 0 Å². The summed E-state index contributed by atoms with van der Waals surface area (Å²) in [6.07, 6.45) is 0. The molecule has 0 bridgehead atoms. The number of nitrogens with one attached hydrogen (secondary N) is 1. The first-order valence-corrected chi connectivity index (χ1v) is 8.24. The molecular formula is C18H21NO3S. The Bertz CT molecular complexity index is 680. The number of benzene rings is 2. The van der Waals surface area contributed by atoms with Crippen LogP contribution in [-0.4, -0.2) is 26.0 Å². The smallest absolute Gasteiger partial charge is 0.252 e. The molecule has 0 radical (unpaired) electrons. The maximum atomic E-state index is 12.3. The molecule has 0 aliphatic carbocycles. The second-order valence-corrected chi connectivity index (χ2v) is 6.13. The van der Waals surface area contributed by atoms with Crippen LogP contribution >= 0.6 is 11.8 Å². The predicted molar refractivity (Wildman–Crippen MR) is 93.7 cm³/mol. The highest BCUT2D eigenvalue weighted by Gasteiger charge is 2.11. The average Bonchev–Trinajstić information content (AvgIpc) is 2.54. The number of rotatable bonds is 6. The van der Waals surface area contributed by atoms with E-state index >= 15 is 0 Å². The van der Waals surface area contributed by atoms with Crippen LogP contribution in [0, 0.1) is 13.8 Å². The molecule has 0 heterocycles. The van der Waals surface area contributed by atoms with Gasteiger partial charge in [-0.25, -0.2) is 0 Å². The van der Waals surface area contributed by atoms with E-state index in [1.165, 1.54) is 11.8 Å². The van der Waals surface area contributed by atoms with Gasteiger partial charge in [0.15, 0.2) is 11.5 Å². The molecule has 1 N–H and O–H groups in total. The Hall–Kier alpha value is -2.14. The maximum absolute atomic E-state index is 12.3. The minimum Gasteiger partial charge on any atom is -0.493 e. The highest BCUT2D eigenvalue weighted by Crippen LogP contribution is 2.31. The van der Waals surface area contributed by atoms with Crippen molar-refractivity contribution in [2.75, 3.05) is 20.1 Å². The fraction of sp³-hybridized carbons (Fsp3) is 0.278. The van der Waals surface area contributed by atoms with Gasteiger partial charge >= 0.3 is 0 Å². The summed E-state index contributed by atoms with van der Waals surface area (Å²) in [5.41, 5.74) is 2.72. The van der Waals surface area contributed by atoms with Crippen LogP contribution in [0.1, 0.15) is 21.5 Å². The monoisotopic (exact) mass is 331 g/mol. The van der Waals surface area contributed by atoms with Crippen molar-refractivity contribution in [1.82, 2.24) is 5.32 Å². The molecule has 0 unspecified atom stereocenters. The van der Waals surface area contributed by atoms with Crippen LogP contribution in [0.3, 0.4) is 0 Å². The first kappa shape index (κ1) is 17.2. The summed E-state index contributed by atoms with van der Waals surface area (Å²) in [5, 5.41) is 2.95. The number of amides is 1. The molecule has 0 saturated carbocycles. The Morgan fingerprint density at radius 1 is 1.04 bits per heavy atom. The standard InChI is InChI=1S/C18H21NO3S/c1-12-6-5-7-13(2)17(12)18(20)19-11-23-14-8-9-15(21-3)16(10-14)22-4/h5-10H,11H2,1-4H3,(H,19,20). The summed E-state index contributed by atoms with van der Waals surface area (Å²) in [6, 6.07) is 11.5. The van der Waals surface area contributed by atoms with Crippen LogP contribution in [0.15, 0.2) is 41.3 Å². The molecule has 0 aliphatic rings. The molecule has 0 aromatic heterocycles. The molecule has 0 fully saturated rings. The third-order valence-corrected chi connectivity index (χ3v) is 4.41. The number of carbonyl (C=O) groups is 1. The molecule has 0 spiro atoms. The van der Waals surface area contributed by atoms with Crippen LogP contribution in [0.2, 0.25) is 0 Å². The number of thioether (sulfide) groups is 1. The van der Waals surface area contributed by atoms with E-state index in [9.17, 15) is 4.79 Å². The lowest BCUT2D eigenvalue weighted by atomic mass is 10.0. The minimum atomic E-state index is -0.0476. The van der Waals surface area contributed by atoms with E-state index in [1.54, 1.807) is 14.2 Å². The third-order valence-electron chi connectivity index (χ3n) is 3.53. The maximum Gasteiger partial charge on any atom is 0.252 e. The van der Waals surface area contributed by atoms with Gasteiger partial charge in [0.2, 0.25) is 0 Å². The molecule has 2 aromatic rings. The van der Waals surface area contributed by atoms with Crippen LogP contribution < -0.4 is 14.8 Å². The van der Waals surface area contributed by atoms with Crippen molar-refractivity contribution in [3.05, 3.63) is 53.1 Å². The summed E-state index contributed by atoms with van der Waals surface area (Å²) in [6.45, 7) is 3.90. The van der Waals surface area contributed by atoms with Crippen LogP contribution in [0.4, 0.5) is 0 Å². The van der Waals surface area contributed by atoms with Gasteiger partial charge in [-0.15, -0.1) is 11.8 Å². The highest BCUT2D eigenvalue weighted by atomic mass is 32.2. The van der Waals surface area contributed by atoms with Gasteiger partial charge in [-0.1, -0.05) is 18.2 Å². The van der Waals surface area contributed by atoms with Gasteiger partial charge in [0.25, 0.3) is 5.91 Å². The quantitative estimate of drug-likeness (QED) is 0.646. The van der Waals surface area contributed by atoms with E-state index < -0.39 is 0 Å². The van der Waals surface area contributed by atoms with E-state index in [0.717, 1.165) is 21.6 Å². The zero-order chi connectivity index (χ0) is 16.8. The van der Waals surface area contributed by atoms with Crippen molar-refractivity contribution in [3.63, 3.8) is 0 Å². The summed E-state index contributed by atoms with van der Waals surface area (Å²) >= 11 is 1.54. The molecule has 2 rings (SSSR count). The van der Waals surface area contributed by atoms with E-state index in [2.05, 4.69) is 5.32 Å². The molecule has 122 valence electrons. The SMILES string of the molecule is COc1ccc(SCNC(=O)c2c(C)cccc2C)cc1OC. The number of aryl methyl sites for hydroxylation is 2. The lowest BCUT2D eigenvalue weighted by Crippen LogP contribution is -2.24. The lowest BCUT2D eigenvalue weighted by Gasteiger charge is -2.11. The van der Waals surface area contributed by atoms with Crippen molar-refractivity contribution < 1.29 is 14.3 Å². The fourth-order valence-corrected chi connectivity index (χ4v) is 3.08.